The molecule has 3 aromatic rings. The predicted octanol–water partition coefficient (Wildman–Crippen LogP) is 2.59. The Labute approximate surface area is 134 Å². The topological polar surface area (TPSA) is 76.9 Å². The van der Waals surface area contributed by atoms with Gasteiger partial charge in [-0.25, -0.2) is 8.42 Å². The van der Waals surface area contributed by atoms with Gasteiger partial charge in [-0.15, -0.1) is 10.2 Å². The lowest BCUT2D eigenvalue weighted by Gasteiger charge is -2.09. The SMILES string of the molecule is Cc1ccc(S(=O)(=O)Nc2ccc(-c3nncn3C)cc2)cc1. The van der Waals surface area contributed by atoms with E-state index < -0.39 is 10.0 Å². The highest BCUT2D eigenvalue weighted by atomic mass is 32.2. The fourth-order valence-corrected chi connectivity index (χ4v) is 3.22. The van der Waals surface area contributed by atoms with Crippen LogP contribution in [0.5, 0.6) is 0 Å². The molecule has 7 heteroatoms. The van der Waals surface area contributed by atoms with E-state index in [2.05, 4.69) is 14.9 Å². The second-order valence-corrected chi connectivity index (χ2v) is 6.94. The van der Waals surface area contributed by atoms with Crippen molar-refractivity contribution in [3.8, 4) is 11.4 Å². The second-order valence-electron chi connectivity index (χ2n) is 5.26. The summed E-state index contributed by atoms with van der Waals surface area (Å²) in [5.74, 6) is 0.720. The van der Waals surface area contributed by atoms with Crippen molar-refractivity contribution < 1.29 is 8.42 Å². The highest BCUT2D eigenvalue weighted by Crippen LogP contribution is 2.21. The van der Waals surface area contributed by atoms with E-state index in [4.69, 9.17) is 0 Å². The van der Waals surface area contributed by atoms with Crippen molar-refractivity contribution in [3.63, 3.8) is 0 Å². The first-order valence-electron chi connectivity index (χ1n) is 7.00. The first-order valence-corrected chi connectivity index (χ1v) is 8.48. The third kappa shape index (κ3) is 3.24. The van der Waals surface area contributed by atoms with E-state index in [-0.39, 0.29) is 4.90 Å². The van der Waals surface area contributed by atoms with E-state index in [0.717, 1.165) is 17.0 Å². The number of hydrogen-bond donors (Lipinski definition) is 1. The molecule has 118 valence electrons. The molecule has 0 spiro atoms. The molecule has 0 aliphatic heterocycles. The molecular formula is C16H16N4O2S. The minimum atomic E-state index is -3.59. The van der Waals surface area contributed by atoms with Gasteiger partial charge in [0.1, 0.15) is 6.33 Å². The molecule has 6 nitrogen and oxygen atoms in total. The minimum absolute atomic E-state index is 0.237. The molecule has 0 fully saturated rings. The lowest BCUT2D eigenvalue weighted by atomic mass is 10.2. The largest absolute Gasteiger partial charge is 0.317 e. The molecule has 0 bridgehead atoms. The second kappa shape index (κ2) is 5.85. The molecule has 1 heterocycles. The maximum atomic E-state index is 12.3. The van der Waals surface area contributed by atoms with Crippen LogP contribution in [0, 0.1) is 6.92 Å². The minimum Gasteiger partial charge on any atom is -0.317 e. The van der Waals surface area contributed by atoms with Crippen molar-refractivity contribution in [1.29, 1.82) is 0 Å². The molecule has 0 atom stereocenters. The van der Waals surface area contributed by atoms with Crippen LogP contribution in [-0.4, -0.2) is 23.2 Å². The summed E-state index contributed by atoms with van der Waals surface area (Å²) in [5, 5.41) is 7.85. The molecule has 23 heavy (non-hydrogen) atoms. The Balaban J connectivity index is 1.83. The Bertz CT molecular complexity index is 913. The Kier molecular flexibility index (Phi) is 3.87. The summed E-state index contributed by atoms with van der Waals surface area (Å²) in [6.45, 7) is 1.91. The lowest BCUT2D eigenvalue weighted by molar-refractivity contribution is 0.601. The molecular weight excluding hydrogens is 312 g/mol. The van der Waals surface area contributed by atoms with Crippen molar-refractivity contribution in [2.75, 3.05) is 4.72 Å². The summed E-state index contributed by atoms with van der Waals surface area (Å²) in [6.07, 6.45) is 1.61. The van der Waals surface area contributed by atoms with Crippen LogP contribution in [0.15, 0.2) is 59.8 Å². The number of rotatable bonds is 4. The summed E-state index contributed by atoms with van der Waals surface area (Å²) in [7, 11) is -1.74. The summed E-state index contributed by atoms with van der Waals surface area (Å²) in [4.78, 5) is 0.237. The van der Waals surface area contributed by atoms with Crippen LogP contribution in [0.3, 0.4) is 0 Å². The number of anilines is 1. The fraction of sp³-hybridized carbons (Fsp3) is 0.125. The fourth-order valence-electron chi connectivity index (χ4n) is 2.16. The Morgan fingerprint density at radius 3 is 2.22 bits per heavy atom. The van der Waals surface area contributed by atoms with Gasteiger partial charge in [0.05, 0.1) is 4.90 Å². The average Bonchev–Trinajstić information content (AvgIpc) is 2.94. The van der Waals surface area contributed by atoms with Gasteiger partial charge < -0.3 is 4.57 Å². The summed E-state index contributed by atoms with van der Waals surface area (Å²) in [6, 6.07) is 13.7. The molecule has 1 N–H and O–H groups in total. The van der Waals surface area contributed by atoms with Crippen molar-refractivity contribution in [2.45, 2.75) is 11.8 Å². The number of nitrogens with one attached hydrogen (secondary N) is 1. The van der Waals surface area contributed by atoms with E-state index in [0.29, 0.717) is 5.69 Å². The van der Waals surface area contributed by atoms with Crippen molar-refractivity contribution in [1.82, 2.24) is 14.8 Å². The van der Waals surface area contributed by atoms with Crippen LogP contribution in [0.25, 0.3) is 11.4 Å². The highest BCUT2D eigenvalue weighted by molar-refractivity contribution is 7.92. The van der Waals surface area contributed by atoms with Crippen LogP contribution in [0.1, 0.15) is 5.56 Å². The summed E-state index contributed by atoms with van der Waals surface area (Å²) < 4.78 is 29.1. The van der Waals surface area contributed by atoms with Crippen LogP contribution < -0.4 is 4.72 Å². The maximum absolute atomic E-state index is 12.3. The summed E-state index contributed by atoms with van der Waals surface area (Å²) in [5.41, 5.74) is 2.37. The van der Waals surface area contributed by atoms with Gasteiger partial charge in [0.25, 0.3) is 10.0 Å². The number of nitrogens with zero attached hydrogens (tertiary/aromatic N) is 3. The van der Waals surface area contributed by atoms with Crippen LogP contribution in [0.4, 0.5) is 5.69 Å². The molecule has 2 aromatic carbocycles. The zero-order valence-electron chi connectivity index (χ0n) is 12.8. The van der Waals surface area contributed by atoms with E-state index in [1.165, 1.54) is 0 Å². The standard InChI is InChI=1S/C16H16N4O2S/c1-12-3-9-15(10-4-12)23(21,22)19-14-7-5-13(6-8-14)16-18-17-11-20(16)2/h3-11,19H,1-2H3. The number of sulfonamides is 1. The van der Waals surface area contributed by atoms with E-state index in [1.54, 1.807) is 59.4 Å². The normalized spacial score (nSPS) is 11.4. The zero-order valence-corrected chi connectivity index (χ0v) is 13.6. The average molecular weight is 328 g/mol. The van der Waals surface area contributed by atoms with Crippen LogP contribution in [0.2, 0.25) is 0 Å². The summed E-state index contributed by atoms with van der Waals surface area (Å²) >= 11 is 0. The van der Waals surface area contributed by atoms with Crippen molar-refractivity contribution >= 4 is 15.7 Å². The van der Waals surface area contributed by atoms with Gasteiger partial charge >= 0.3 is 0 Å². The molecule has 0 saturated carbocycles. The molecule has 3 rings (SSSR count). The quantitative estimate of drug-likeness (QED) is 0.798. The molecule has 0 unspecified atom stereocenters. The van der Waals surface area contributed by atoms with Gasteiger partial charge in [0.2, 0.25) is 0 Å². The predicted molar refractivity (Wildman–Crippen MR) is 88.4 cm³/mol. The van der Waals surface area contributed by atoms with Gasteiger partial charge in [-0.3, -0.25) is 4.72 Å². The number of hydrogen-bond acceptors (Lipinski definition) is 4. The smallest absolute Gasteiger partial charge is 0.261 e. The number of benzene rings is 2. The zero-order chi connectivity index (χ0) is 16.4. The van der Waals surface area contributed by atoms with Gasteiger partial charge in [-0.1, -0.05) is 17.7 Å². The Morgan fingerprint density at radius 2 is 1.65 bits per heavy atom. The van der Waals surface area contributed by atoms with Gasteiger partial charge in [-0.05, 0) is 43.3 Å². The maximum Gasteiger partial charge on any atom is 0.261 e. The molecule has 0 aliphatic carbocycles. The Morgan fingerprint density at radius 1 is 1.00 bits per heavy atom. The van der Waals surface area contributed by atoms with Crippen molar-refractivity contribution in [2.24, 2.45) is 7.05 Å². The molecule has 1 aromatic heterocycles. The lowest BCUT2D eigenvalue weighted by Crippen LogP contribution is -2.12. The van der Waals surface area contributed by atoms with Crippen LogP contribution >= 0.6 is 0 Å². The number of aryl methyl sites for hydroxylation is 2. The molecule has 0 saturated heterocycles. The third-order valence-corrected chi connectivity index (χ3v) is 4.84. The molecule has 0 amide bonds. The van der Waals surface area contributed by atoms with E-state index in [1.807, 2.05) is 14.0 Å². The third-order valence-electron chi connectivity index (χ3n) is 3.44. The van der Waals surface area contributed by atoms with Gasteiger partial charge in [-0.2, -0.15) is 0 Å². The Hall–Kier alpha value is -2.67. The van der Waals surface area contributed by atoms with Gasteiger partial charge in [0.15, 0.2) is 5.82 Å². The highest BCUT2D eigenvalue weighted by Gasteiger charge is 2.14. The first-order chi connectivity index (χ1) is 11.0. The first kappa shape index (κ1) is 15.2. The van der Waals surface area contributed by atoms with Gasteiger partial charge in [0, 0.05) is 18.3 Å². The van der Waals surface area contributed by atoms with Crippen LogP contribution in [-0.2, 0) is 17.1 Å². The van der Waals surface area contributed by atoms with E-state index in [9.17, 15) is 8.42 Å². The van der Waals surface area contributed by atoms with Crippen molar-refractivity contribution in [3.05, 3.63) is 60.4 Å². The monoisotopic (exact) mass is 328 g/mol. The van der Waals surface area contributed by atoms with E-state index >= 15 is 0 Å². The molecule has 0 aliphatic rings. The molecule has 0 radical (unpaired) electrons. The number of aromatic nitrogens is 3.